The summed E-state index contributed by atoms with van der Waals surface area (Å²) in [7, 11) is 0. The zero-order valence-corrected chi connectivity index (χ0v) is 60.3. The van der Waals surface area contributed by atoms with Gasteiger partial charge < -0.3 is 30.3 Å². The highest BCUT2D eigenvalue weighted by molar-refractivity contribution is 6.05. The number of carboxylic acids is 1. The molecule has 12 heteroatoms. The first-order valence-corrected chi connectivity index (χ1v) is 37.5. The van der Waals surface area contributed by atoms with Crippen molar-refractivity contribution in [3.05, 3.63) is 59.2 Å². The number of aliphatic carboxylic acids is 1. The summed E-state index contributed by atoms with van der Waals surface area (Å²) < 4.78 is 6.21. The van der Waals surface area contributed by atoms with Crippen LogP contribution in [-0.2, 0) is 40.1 Å². The van der Waals surface area contributed by atoms with Crippen LogP contribution in [0.3, 0.4) is 0 Å². The van der Waals surface area contributed by atoms with Gasteiger partial charge in [-0.2, -0.15) is 0 Å². The van der Waals surface area contributed by atoms with E-state index in [-0.39, 0.29) is 97.8 Å². The SMILES string of the molecule is CC1(C)CC[C@]2(C(=O)O)CC[C@]3(C)C(=CCC4[C@@]5(C)CC(C(=O)NCCN6CCCC6)C(=O)C(C)(C)[C@@H]5CC[C@]43C)[C@@H]2C1.CC1(C)CC[C@]2(C(=O)OCc3ccccc3)CC[C@]3(C)C(=CCC4[C@@]5(C)CC(C(=O)NCCN6CCCC6)C(=O)C(C)(C)[C@@H]5CC[C@]43C)[C@@H]2C1.[HH]. The third-order valence-corrected chi connectivity index (χ3v) is 31.3. The van der Waals surface area contributed by atoms with Crippen molar-refractivity contribution in [2.24, 2.45) is 112 Å². The second kappa shape index (κ2) is 24.1. The number of nitrogens with zero attached hydrogens (tertiary/aromatic N) is 2. The Kier molecular flexibility index (Phi) is 17.8. The molecule has 10 aliphatic carbocycles. The molecule has 516 valence electrons. The molecule has 0 radical (unpaired) electrons. The van der Waals surface area contributed by atoms with E-state index < -0.39 is 39.5 Å². The first-order chi connectivity index (χ1) is 43.6. The lowest BCUT2D eigenvalue weighted by Crippen LogP contribution is -2.66. The van der Waals surface area contributed by atoms with Crippen molar-refractivity contribution in [1.29, 1.82) is 0 Å². The summed E-state index contributed by atoms with van der Waals surface area (Å²) in [5.41, 5.74) is 1.70. The Morgan fingerprint density at radius 2 is 0.914 bits per heavy atom. The molecule has 8 saturated carbocycles. The zero-order chi connectivity index (χ0) is 67.0. The Morgan fingerprint density at radius 1 is 0.516 bits per heavy atom. The van der Waals surface area contributed by atoms with Gasteiger partial charge in [0.15, 0.2) is 11.6 Å². The van der Waals surface area contributed by atoms with Gasteiger partial charge >= 0.3 is 11.9 Å². The second-order valence-corrected chi connectivity index (χ2v) is 37.5. The van der Waals surface area contributed by atoms with Crippen LogP contribution in [0.5, 0.6) is 0 Å². The molecule has 2 saturated heterocycles. The van der Waals surface area contributed by atoms with E-state index in [1.54, 1.807) is 0 Å². The maximum absolute atomic E-state index is 14.3. The van der Waals surface area contributed by atoms with Crippen LogP contribution in [0, 0.1) is 112 Å². The number of hydrogen-bond donors (Lipinski definition) is 3. The molecule has 13 rings (SSSR count). The van der Waals surface area contributed by atoms with Gasteiger partial charge in [0.25, 0.3) is 0 Å². The first-order valence-electron chi connectivity index (χ1n) is 37.5. The van der Waals surface area contributed by atoms with Crippen LogP contribution >= 0.6 is 0 Å². The van der Waals surface area contributed by atoms with Gasteiger partial charge in [0.05, 0.1) is 22.7 Å². The molecule has 0 bridgehead atoms. The predicted molar refractivity (Wildman–Crippen MR) is 369 cm³/mol. The normalized spacial score (nSPS) is 42.6. The highest BCUT2D eigenvalue weighted by Crippen LogP contribution is 2.78. The van der Waals surface area contributed by atoms with Crippen LogP contribution in [0.4, 0.5) is 0 Å². The molecule has 12 nitrogen and oxygen atoms in total. The number of nitrogens with one attached hydrogen (secondary N) is 2. The van der Waals surface area contributed by atoms with Crippen LogP contribution in [0.25, 0.3) is 0 Å². The van der Waals surface area contributed by atoms with Crippen LogP contribution in [0.15, 0.2) is 53.6 Å². The summed E-state index contributed by atoms with van der Waals surface area (Å²) >= 11 is 0. The Labute approximate surface area is 561 Å². The largest absolute Gasteiger partial charge is 0.481 e. The van der Waals surface area contributed by atoms with E-state index in [0.29, 0.717) is 44.4 Å². The van der Waals surface area contributed by atoms with Crippen molar-refractivity contribution in [2.45, 2.75) is 245 Å². The van der Waals surface area contributed by atoms with E-state index in [2.05, 4.69) is 130 Å². The maximum Gasteiger partial charge on any atom is 0.313 e. The quantitative estimate of drug-likeness (QED) is 0.104. The maximum atomic E-state index is 14.3. The molecule has 12 aliphatic rings. The molecular weight excluding hydrogens is 1160 g/mol. The number of Topliss-reactive ketones (excluding diaryl/α,β-unsaturated/α-hetero) is 2. The van der Waals surface area contributed by atoms with E-state index in [9.17, 15) is 33.9 Å². The summed E-state index contributed by atoms with van der Waals surface area (Å²) in [6, 6.07) is 10.1. The van der Waals surface area contributed by atoms with Crippen LogP contribution in [-0.4, -0.2) is 103 Å². The fourth-order valence-electron chi connectivity index (χ4n) is 25.4. The number of carboxylic acid groups (broad SMARTS) is 1. The van der Waals surface area contributed by atoms with Gasteiger partial charge in [-0.25, -0.2) is 0 Å². The minimum absolute atomic E-state index is 0. The molecule has 10 fully saturated rings. The number of amides is 2. The van der Waals surface area contributed by atoms with E-state index in [0.717, 1.165) is 148 Å². The van der Waals surface area contributed by atoms with Crippen molar-refractivity contribution >= 4 is 35.3 Å². The number of hydrogen-bond acceptors (Lipinski definition) is 9. The van der Waals surface area contributed by atoms with Crippen molar-refractivity contribution in [3.63, 3.8) is 0 Å². The topological polar surface area (TPSA) is 162 Å². The lowest BCUT2D eigenvalue weighted by Gasteiger charge is -2.71. The Balaban J connectivity index is 0.000000192. The number of allylic oxidation sites excluding steroid dienone is 4. The molecule has 2 amide bonds. The lowest BCUT2D eigenvalue weighted by atomic mass is 9.33. The molecule has 93 heavy (non-hydrogen) atoms. The summed E-state index contributed by atoms with van der Waals surface area (Å²) in [6.45, 7) is 40.5. The first kappa shape index (κ1) is 68.8. The Hall–Kier alpha value is -4.16. The number of ketones is 2. The Morgan fingerprint density at radius 3 is 1.34 bits per heavy atom. The van der Waals surface area contributed by atoms with Gasteiger partial charge in [-0.3, -0.25) is 28.8 Å². The molecular formula is C81H124N4O8. The third-order valence-electron chi connectivity index (χ3n) is 31.3. The zero-order valence-electron chi connectivity index (χ0n) is 60.3. The third kappa shape index (κ3) is 11.0. The summed E-state index contributed by atoms with van der Waals surface area (Å²) in [5, 5.41) is 17.0. The number of carbonyl (C=O) groups is 6. The monoisotopic (exact) mass is 1280 g/mol. The lowest BCUT2D eigenvalue weighted by molar-refractivity contribution is -0.197. The van der Waals surface area contributed by atoms with Crippen molar-refractivity contribution in [1.82, 2.24) is 20.4 Å². The highest BCUT2D eigenvalue weighted by atomic mass is 16.5. The number of ether oxygens (including phenoxy) is 1. The molecule has 1 aromatic carbocycles. The molecule has 2 heterocycles. The highest BCUT2D eigenvalue weighted by Gasteiger charge is 2.73. The van der Waals surface area contributed by atoms with Gasteiger partial charge in [-0.15, -0.1) is 0 Å². The number of carbonyl (C=O) groups excluding carboxylic acids is 5. The van der Waals surface area contributed by atoms with Crippen LogP contribution in [0.1, 0.15) is 245 Å². The number of esters is 1. The van der Waals surface area contributed by atoms with Gasteiger partial charge in [0.1, 0.15) is 6.61 Å². The molecule has 16 atom stereocenters. The minimum Gasteiger partial charge on any atom is -0.481 e. The van der Waals surface area contributed by atoms with E-state index in [1.807, 2.05) is 30.3 Å². The minimum atomic E-state index is -0.636. The van der Waals surface area contributed by atoms with Crippen LogP contribution < -0.4 is 10.6 Å². The molecule has 2 aliphatic heterocycles. The van der Waals surface area contributed by atoms with Crippen molar-refractivity contribution < 1.29 is 40.0 Å². The number of benzene rings is 1. The molecule has 0 spiro atoms. The van der Waals surface area contributed by atoms with Crippen molar-refractivity contribution in [2.75, 3.05) is 52.4 Å². The fraction of sp³-hybridized carbons (Fsp3) is 0.802. The van der Waals surface area contributed by atoms with Crippen molar-refractivity contribution in [3.8, 4) is 0 Å². The molecule has 0 aromatic heterocycles. The van der Waals surface area contributed by atoms with E-state index in [4.69, 9.17) is 4.74 Å². The van der Waals surface area contributed by atoms with Gasteiger partial charge in [-0.1, -0.05) is 151 Å². The smallest absolute Gasteiger partial charge is 0.313 e. The summed E-state index contributed by atoms with van der Waals surface area (Å²) in [5.74, 6) is -0.172. The van der Waals surface area contributed by atoms with E-state index in [1.165, 1.54) is 36.8 Å². The number of rotatable bonds is 12. The fourth-order valence-corrected chi connectivity index (χ4v) is 25.4. The molecule has 3 N–H and O–H groups in total. The van der Waals surface area contributed by atoms with Gasteiger partial charge in [0.2, 0.25) is 11.8 Å². The Bertz CT molecular complexity index is 3160. The molecule has 1 aromatic rings. The van der Waals surface area contributed by atoms with E-state index >= 15 is 0 Å². The second-order valence-electron chi connectivity index (χ2n) is 37.5. The van der Waals surface area contributed by atoms with Gasteiger partial charge in [0, 0.05) is 38.4 Å². The molecule has 4 unspecified atom stereocenters. The summed E-state index contributed by atoms with van der Waals surface area (Å²) in [4.78, 5) is 87.9. The van der Waals surface area contributed by atoms with Crippen LogP contribution in [0.2, 0.25) is 0 Å². The standard InChI is InChI=1S/C44H64N2O4.C37H58N2O4.H2/c1-39(2)19-21-44(38(49)50-29-30-13-9-8-10-14-30)22-20-42(6)32(33(44)28-39)15-16-35-41(5)27-31(37(48)45-23-26-46-24-11-12-25-46)36(47)40(3,4)34(41)17-18-43(35,42)7;1-32(2)14-16-37(31(42)43)17-15-35(6)25(26(37)23-32)10-11-28-34(5)22-24(30(41)38-18-21-39-19-8-9-20-39)29(40)33(3,4)27(34)12-13-36(28,35)7;/h8-10,13-15,31,33-35H,11-12,16-29H2,1-7H3,(H,45,48);10,24,26-28H,8-9,11-23H2,1-7H3,(H,38,41)(H,42,43);1H/t31?,33-,34-,35?,41-,42+,43+,44-;24?,26-,27-,28?,34-,35+,36+,37-;/m00./s1. The van der Waals surface area contributed by atoms with Gasteiger partial charge in [-0.05, 0) is 252 Å². The number of fused-ring (bicyclic) bond motifs is 14. The number of likely N-dealkylation sites (tertiary alicyclic amines) is 2. The summed E-state index contributed by atoms with van der Waals surface area (Å²) in [6.07, 6.45) is 26.4. The average molecular weight is 1280 g/mol. The predicted octanol–water partition coefficient (Wildman–Crippen LogP) is 15.7. The average Bonchev–Trinajstić information content (AvgIpc) is 0.718.